The summed E-state index contributed by atoms with van der Waals surface area (Å²) in [5, 5.41) is 44.1. The number of aliphatic hydroxyl groups excluding tert-OH is 2. The number of likely N-dealkylation sites (N-methyl/N-ethyl adjacent to an activating group) is 1. The van der Waals surface area contributed by atoms with Crippen LogP contribution in [0.3, 0.4) is 0 Å². The van der Waals surface area contributed by atoms with Crippen molar-refractivity contribution in [3.8, 4) is 5.75 Å². The average Bonchev–Trinajstić information content (AvgIpc) is 2.69. The summed E-state index contributed by atoms with van der Waals surface area (Å²) in [6.45, 7) is 0.543. The number of aromatic hydroxyl groups is 1. The van der Waals surface area contributed by atoms with Crippen LogP contribution in [0.1, 0.15) is 27.9 Å². The molecule has 0 unspecified atom stereocenters. The number of primary amides is 1. The molecule has 1 aromatic carbocycles. The molecule has 0 aliphatic heterocycles. The fourth-order valence-electron chi connectivity index (χ4n) is 5.80. The predicted octanol–water partition coefficient (Wildman–Crippen LogP) is 0.182. The Hall–Kier alpha value is -3.21. The standard InChI is InChI=1S/C24H29N3O7/c1-26(2)9-10-5-11-7-12-8-13-18(27(3)4)20(30)17(23(25)33)22(32)24(13,34)21(31)16(12)19(29)15(11)14(28)6-10/h5-6,12-13,18,28,30-31,34H,7-9H2,1-4H3,(H2,25,33)/t12-,13-,18-,24-/m0/s1. The number of benzene rings is 1. The van der Waals surface area contributed by atoms with E-state index in [9.17, 15) is 34.8 Å². The first-order valence-corrected chi connectivity index (χ1v) is 10.9. The van der Waals surface area contributed by atoms with E-state index < -0.39 is 58.0 Å². The third-order valence-corrected chi connectivity index (χ3v) is 7.09. The van der Waals surface area contributed by atoms with Crippen LogP contribution < -0.4 is 5.73 Å². The summed E-state index contributed by atoms with van der Waals surface area (Å²) in [4.78, 5) is 42.1. The largest absolute Gasteiger partial charge is 0.510 e. The Balaban J connectivity index is 1.91. The Bertz CT molecular complexity index is 1180. The number of hydrogen-bond donors (Lipinski definition) is 5. The van der Waals surface area contributed by atoms with Gasteiger partial charge in [-0.1, -0.05) is 6.07 Å². The van der Waals surface area contributed by atoms with Crippen LogP contribution in [0.15, 0.2) is 34.8 Å². The molecule has 182 valence electrons. The molecule has 1 amide bonds. The van der Waals surface area contributed by atoms with E-state index in [-0.39, 0.29) is 29.7 Å². The van der Waals surface area contributed by atoms with Crippen molar-refractivity contribution >= 4 is 17.5 Å². The molecule has 0 radical (unpaired) electrons. The number of amides is 1. The SMILES string of the molecule is CN(C)Cc1cc(O)c2c(c1)C[C@H]1C[C@H]3[C@H](N(C)C)C(O)=C(C(N)=O)C(=O)[C@@]3(O)C(O)=C1C2=O. The molecule has 0 aromatic heterocycles. The highest BCUT2D eigenvalue weighted by molar-refractivity contribution is 6.24. The molecule has 0 heterocycles. The van der Waals surface area contributed by atoms with E-state index >= 15 is 0 Å². The average molecular weight is 472 g/mol. The van der Waals surface area contributed by atoms with Crippen molar-refractivity contribution in [1.29, 1.82) is 0 Å². The number of rotatable bonds is 4. The van der Waals surface area contributed by atoms with Crippen LogP contribution in [-0.2, 0) is 22.6 Å². The monoisotopic (exact) mass is 471 g/mol. The van der Waals surface area contributed by atoms with Gasteiger partial charge in [0.05, 0.1) is 11.6 Å². The van der Waals surface area contributed by atoms with Crippen LogP contribution in [0.5, 0.6) is 5.75 Å². The van der Waals surface area contributed by atoms with E-state index in [4.69, 9.17) is 5.73 Å². The lowest BCUT2D eigenvalue weighted by molar-refractivity contribution is -0.148. The van der Waals surface area contributed by atoms with Gasteiger partial charge in [-0.05, 0) is 64.1 Å². The first-order chi connectivity index (χ1) is 15.8. The maximum Gasteiger partial charge on any atom is 0.255 e. The molecule has 0 spiro atoms. The molecule has 34 heavy (non-hydrogen) atoms. The number of allylic oxidation sites excluding steroid dienone is 1. The van der Waals surface area contributed by atoms with Gasteiger partial charge in [0.2, 0.25) is 5.78 Å². The molecule has 1 aromatic rings. The molecule has 0 fully saturated rings. The normalized spacial score (nSPS) is 28.9. The highest BCUT2D eigenvalue weighted by Gasteiger charge is 2.63. The van der Waals surface area contributed by atoms with Gasteiger partial charge in [0.25, 0.3) is 5.91 Å². The molecule has 4 atom stereocenters. The number of nitrogens with two attached hydrogens (primary N) is 1. The van der Waals surface area contributed by atoms with Crippen molar-refractivity contribution in [2.24, 2.45) is 17.6 Å². The van der Waals surface area contributed by atoms with Crippen LogP contribution in [0, 0.1) is 11.8 Å². The number of carbonyl (C=O) groups is 3. The maximum absolute atomic E-state index is 13.5. The Kier molecular flexibility index (Phi) is 5.58. The summed E-state index contributed by atoms with van der Waals surface area (Å²) >= 11 is 0. The van der Waals surface area contributed by atoms with Gasteiger partial charge in [-0.3, -0.25) is 19.3 Å². The number of aliphatic hydroxyl groups is 3. The van der Waals surface area contributed by atoms with Gasteiger partial charge < -0.3 is 31.1 Å². The molecular weight excluding hydrogens is 442 g/mol. The molecule has 0 saturated carbocycles. The topological polar surface area (TPSA) is 165 Å². The molecular formula is C24H29N3O7. The smallest absolute Gasteiger partial charge is 0.255 e. The second-order valence-electron chi connectivity index (χ2n) is 9.85. The highest BCUT2D eigenvalue weighted by Crippen LogP contribution is 2.52. The summed E-state index contributed by atoms with van der Waals surface area (Å²) in [5.74, 6) is -6.45. The van der Waals surface area contributed by atoms with Crippen molar-refractivity contribution < 1.29 is 34.8 Å². The lowest BCUT2D eigenvalue weighted by atomic mass is 9.58. The number of fused-ring (bicyclic) bond motifs is 3. The third-order valence-electron chi connectivity index (χ3n) is 7.09. The maximum atomic E-state index is 13.5. The third kappa shape index (κ3) is 3.24. The molecule has 3 aliphatic rings. The van der Waals surface area contributed by atoms with Crippen LogP contribution in [0.25, 0.3) is 0 Å². The second-order valence-corrected chi connectivity index (χ2v) is 9.85. The Morgan fingerprint density at radius 1 is 1.15 bits per heavy atom. The van der Waals surface area contributed by atoms with Gasteiger partial charge in [-0.15, -0.1) is 0 Å². The lowest BCUT2D eigenvalue weighted by Gasteiger charge is -2.50. The summed E-state index contributed by atoms with van der Waals surface area (Å²) in [5.41, 5.74) is 3.16. The van der Waals surface area contributed by atoms with Crippen LogP contribution >= 0.6 is 0 Å². The van der Waals surface area contributed by atoms with Crippen molar-refractivity contribution in [2.75, 3.05) is 28.2 Å². The van der Waals surface area contributed by atoms with Gasteiger partial charge in [-0.2, -0.15) is 0 Å². The lowest BCUT2D eigenvalue weighted by Crippen LogP contribution is -2.63. The van der Waals surface area contributed by atoms with Crippen molar-refractivity contribution in [2.45, 2.75) is 31.0 Å². The number of ketones is 2. The summed E-state index contributed by atoms with van der Waals surface area (Å²) in [7, 11) is 6.95. The summed E-state index contributed by atoms with van der Waals surface area (Å²) in [6, 6.07) is 2.31. The molecule has 10 heteroatoms. The van der Waals surface area contributed by atoms with Gasteiger partial charge in [0.15, 0.2) is 11.4 Å². The summed E-state index contributed by atoms with van der Waals surface area (Å²) in [6.07, 6.45) is 0.355. The van der Waals surface area contributed by atoms with E-state index in [2.05, 4.69) is 0 Å². The predicted molar refractivity (Wildman–Crippen MR) is 121 cm³/mol. The highest BCUT2D eigenvalue weighted by atomic mass is 16.3. The van der Waals surface area contributed by atoms with Gasteiger partial charge in [0, 0.05) is 18.0 Å². The fraction of sp³-hybridized carbons (Fsp3) is 0.458. The Morgan fingerprint density at radius 3 is 2.35 bits per heavy atom. The van der Waals surface area contributed by atoms with E-state index in [1.54, 1.807) is 14.1 Å². The summed E-state index contributed by atoms with van der Waals surface area (Å²) < 4.78 is 0. The fourth-order valence-corrected chi connectivity index (χ4v) is 5.80. The minimum atomic E-state index is -2.62. The number of carbonyl (C=O) groups excluding carboxylic acids is 3. The molecule has 10 nitrogen and oxygen atoms in total. The molecule has 4 rings (SSSR count). The number of Topliss-reactive ketones (excluding diaryl/α,β-unsaturated/α-hetero) is 2. The van der Waals surface area contributed by atoms with Crippen molar-refractivity contribution in [3.05, 3.63) is 51.5 Å². The second kappa shape index (κ2) is 7.93. The number of nitrogens with zero attached hydrogens (tertiary/aromatic N) is 2. The van der Waals surface area contributed by atoms with Crippen LogP contribution in [0.4, 0.5) is 0 Å². The molecule has 0 saturated heterocycles. The van der Waals surface area contributed by atoms with Gasteiger partial charge >= 0.3 is 0 Å². The molecule has 3 aliphatic carbocycles. The van der Waals surface area contributed by atoms with E-state index in [1.807, 2.05) is 25.1 Å². The first kappa shape index (κ1) is 23.9. The zero-order chi connectivity index (χ0) is 25.3. The Morgan fingerprint density at radius 2 is 1.79 bits per heavy atom. The van der Waals surface area contributed by atoms with Gasteiger partial charge in [0.1, 0.15) is 22.8 Å². The van der Waals surface area contributed by atoms with Crippen molar-refractivity contribution in [1.82, 2.24) is 9.80 Å². The minimum Gasteiger partial charge on any atom is -0.510 e. The zero-order valence-electron chi connectivity index (χ0n) is 19.5. The zero-order valence-corrected chi connectivity index (χ0v) is 19.5. The number of phenols is 1. The van der Waals surface area contributed by atoms with E-state index in [0.717, 1.165) is 5.56 Å². The number of hydrogen-bond acceptors (Lipinski definition) is 9. The quantitative estimate of drug-likeness (QED) is 0.385. The first-order valence-electron chi connectivity index (χ1n) is 10.9. The van der Waals surface area contributed by atoms with Crippen molar-refractivity contribution in [3.63, 3.8) is 0 Å². The van der Waals surface area contributed by atoms with Gasteiger partial charge in [-0.25, -0.2) is 0 Å². The van der Waals surface area contributed by atoms with E-state index in [1.165, 1.54) is 11.0 Å². The number of phenolic OH excluding ortho intramolecular Hbond substituents is 1. The molecule has 6 N–H and O–H groups in total. The Labute approximate surface area is 196 Å². The van der Waals surface area contributed by atoms with Crippen LogP contribution in [-0.4, -0.2) is 87.5 Å². The minimum absolute atomic E-state index is 0.0169. The van der Waals surface area contributed by atoms with Crippen LogP contribution in [0.2, 0.25) is 0 Å². The van der Waals surface area contributed by atoms with E-state index in [0.29, 0.717) is 12.1 Å². The molecule has 0 bridgehead atoms.